The third kappa shape index (κ3) is 10.8. The second-order valence-corrected chi connectivity index (χ2v) is 9.03. The fourth-order valence-corrected chi connectivity index (χ4v) is 4.13. The first-order valence-electron chi connectivity index (χ1n) is 7.36. The minimum Gasteiger partial charge on any atom is -0.813 e. The van der Waals surface area contributed by atoms with Crippen LogP contribution in [0.15, 0.2) is 77.4 Å². The van der Waals surface area contributed by atoms with Crippen molar-refractivity contribution in [1.29, 1.82) is 0 Å². The van der Waals surface area contributed by atoms with E-state index in [9.17, 15) is 0 Å². The number of thiol groups is 1. The molecule has 2 nitrogen and oxygen atoms in total. The average Bonchev–Trinajstić information content (AvgIpc) is 2.56. The topological polar surface area (TPSA) is 15.6 Å². The fourth-order valence-electron chi connectivity index (χ4n) is 2.00. The van der Waals surface area contributed by atoms with Crippen LogP contribution in [0.1, 0.15) is 13.8 Å². The Kier molecular flexibility index (Phi) is 14.6. The number of allylic oxidation sites excluding steroid dienone is 2. The maximum Gasteiger partial charge on any atom is 0.180 e. The van der Waals surface area contributed by atoms with Crippen molar-refractivity contribution >= 4 is 90.1 Å². The van der Waals surface area contributed by atoms with Gasteiger partial charge in [0.25, 0.3) is 0 Å². The van der Waals surface area contributed by atoms with E-state index in [1.165, 1.54) is 0 Å². The Morgan fingerprint density at radius 3 is 1.88 bits per heavy atom. The first-order chi connectivity index (χ1) is 11.9. The van der Waals surface area contributed by atoms with Gasteiger partial charge in [-0.25, -0.2) is 0 Å². The van der Waals surface area contributed by atoms with Crippen molar-refractivity contribution in [2.75, 3.05) is 3.86 Å². The number of benzene rings is 2. The Balaban J connectivity index is 0.00000113. The molecule has 0 aromatic heterocycles. The molecule has 0 aliphatic rings. The summed E-state index contributed by atoms with van der Waals surface area (Å²) in [5, 5.41) is 0. The number of aliphatic imine (C=N–C) groups is 1. The zero-order valence-corrected chi connectivity index (χ0v) is 20.3. The summed E-state index contributed by atoms with van der Waals surface area (Å²) >= 11 is 13.7. The van der Waals surface area contributed by atoms with E-state index < -0.39 is 19.0 Å². The van der Waals surface area contributed by atoms with Crippen molar-refractivity contribution in [2.24, 2.45) is 4.99 Å². The van der Waals surface area contributed by atoms with E-state index in [-0.39, 0.29) is 13.5 Å². The number of anilines is 1. The predicted molar refractivity (Wildman–Crippen MR) is 124 cm³/mol. The molecule has 0 N–H and O–H groups in total. The minimum absolute atomic E-state index is 0. The largest absolute Gasteiger partial charge is 0.813 e. The second-order valence-electron chi connectivity index (χ2n) is 4.88. The standard InChI is InChI=1S/C17H17ClGeN2.CHCl3.H2S/c1-14(20-16-9-5-3-6-10-16)13-15(2)21(19-18)17-11-7-4-8-12-17;2-1(3)4;/h3-13H,1-2H3;1H;1H2/p-1/b15-13-,20-14?;;. The Morgan fingerprint density at radius 2 is 1.42 bits per heavy atom. The summed E-state index contributed by atoms with van der Waals surface area (Å²) in [5.74, 6) is 0. The van der Waals surface area contributed by atoms with Crippen molar-refractivity contribution in [3.8, 4) is 0 Å². The molecule has 0 aliphatic carbocycles. The van der Waals surface area contributed by atoms with E-state index in [2.05, 4.69) is 34.0 Å². The zero-order valence-electron chi connectivity index (χ0n) is 14.3. The van der Waals surface area contributed by atoms with Crippen molar-refractivity contribution in [3.05, 3.63) is 72.4 Å². The van der Waals surface area contributed by atoms with Gasteiger partial charge in [-0.05, 0) is 0 Å². The molecule has 0 amide bonds. The van der Waals surface area contributed by atoms with E-state index in [0.29, 0.717) is 0 Å². The molecule has 0 spiro atoms. The van der Waals surface area contributed by atoms with Gasteiger partial charge in [0.15, 0.2) is 4.30 Å². The van der Waals surface area contributed by atoms with Gasteiger partial charge >= 0.3 is 137 Å². The van der Waals surface area contributed by atoms with Crippen LogP contribution in [0.3, 0.4) is 0 Å². The van der Waals surface area contributed by atoms with Crippen LogP contribution < -0.4 is 3.86 Å². The van der Waals surface area contributed by atoms with Gasteiger partial charge in [0, 0.05) is 0 Å². The summed E-state index contributed by atoms with van der Waals surface area (Å²) in [4.78, 5) is 4.59. The molecule has 2 aromatic rings. The maximum atomic E-state index is 6.21. The summed E-state index contributed by atoms with van der Waals surface area (Å²) in [5.41, 5.74) is 4.19. The molecule has 0 heterocycles. The van der Waals surface area contributed by atoms with Gasteiger partial charge in [-0.15, -0.1) is 0 Å². The van der Waals surface area contributed by atoms with E-state index in [1.807, 2.05) is 55.5 Å². The van der Waals surface area contributed by atoms with Gasteiger partial charge in [0.1, 0.15) is 0 Å². The van der Waals surface area contributed by atoms with E-state index >= 15 is 0 Å². The summed E-state index contributed by atoms with van der Waals surface area (Å²) < 4.78 is 1.42. The average molecular weight is 510 g/mol. The van der Waals surface area contributed by atoms with Crippen LogP contribution in [0.2, 0.25) is 0 Å². The van der Waals surface area contributed by atoms with Gasteiger partial charge in [-0.1, -0.05) is 34.8 Å². The third-order valence-electron chi connectivity index (χ3n) is 2.93. The van der Waals surface area contributed by atoms with Gasteiger partial charge < -0.3 is 13.5 Å². The van der Waals surface area contributed by atoms with E-state index in [0.717, 1.165) is 22.8 Å². The molecule has 0 bridgehead atoms. The number of nitrogens with zero attached hydrogens (tertiary/aromatic N) is 2. The number of rotatable bonds is 5. The number of hydrogen-bond donors (Lipinski definition) is 0. The normalized spacial score (nSPS) is 11.3. The Morgan fingerprint density at radius 1 is 0.962 bits per heavy atom. The molecule has 0 atom stereocenters. The quantitative estimate of drug-likeness (QED) is 0.147. The maximum absolute atomic E-state index is 6.21. The molecule has 0 saturated heterocycles. The van der Waals surface area contributed by atoms with Gasteiger partial charge in [0.2, 0.25) is 0 Å². The molecule has 0 fully saturated rings. The molecule has 140 valence electrons. The molecule has 0 aliphatic heterocycles. The third-order valence-corrected chi connectivity index (χ3v) is 5.45. The van der Waals surface area contributed by atoms with Crippen molar-refractivity contribution < 1.29 is 0 Å². The van der Waals surface area contributed by atoms with Crippen molar-refractivity contribution in [2.45, 2.75) is 18.1 Å². The molecule has 2 rings (SSSR count). The minimum atomic E-state index is -0.750. The molecule has 8 heteroatoms. The van der Waals surface area contributed by atoms with Crippen LogP contribution in [-0.2, 0) is 13.5 Å². The smallest absolute Gasteiger partial charge is 0.180 e. The van der Waals surface area contributed by atoms with Crippen molar-refractivity contribution in [1.82, 2.24) is 0 Å². The number of para-hydroxylation sites is 2. The van der Waals surface area contributed by atoms with Crippen molar-refractivity contribution in [3.63, 3.8) is 0 Å². The van der Waals surface area contributed by atoms with Crippen LogP contribution in [0.5, 0.6) is 0 Å². The molecule has 0 unspecified atom stereocenters. The first kappa shape index (κ1) is 25.7. The number of hydrogen-bond acceptors (Lipinski definition) is 3. The number of alkyl halides is 3. The molecule has 2 radical (unpaired) electrons. The van der Waals surface area contributed by atoms with Crippen LogP contribution in [0.4, 0.5) is 11.4 Å². The van der Waals surface area contributed by atoms with Gasteiger partial charge in [0.05, 0.1) is 0 Å². The molecule has 26 heavy (non-hydrogen) atoms. The summed E-state index contributed by atoms with van der Waals surface area (Å²) in [7, 11) is 6.21. The van der Waals surface area contributed by atoms with Crippen LogP contribution in [-0.4, -0.2) is 24.7 Å². The van der Waals surface area contributed by atoms with Gasteiger partial charge in [-0.2, -0.15) is 0 Å². The predicted octanol–water partition coefficient (Wildman–Crippen LogP) is 6.68. The van der Waals surface area contributed by atoms with Crippen LogP contribution >= 0.6 is 44.8 Å². The molecular weight excluding hydrogens is 491 g/mol. The first-order valence-corrected chi connectivity index (χ1v) is 12.4. The summed E-state index contributed by atoms with van der Waals surface area (Å²) in [6.45, 7) is 4.08. The Labute approximate surface area is 188 Å². The summed E-state index contributed by atoms with van der Waals surface area (Å²) in [6.07, 6.45) is 2.08. The Hall–Kier alpha value is -0.297. The Bertz CT molecular complexity index is 679. The van der Waals surface area contributed by atoms with Gasteiger partial charge in [-0.3, -0.25) is 0 Å². The SMILES string of the molecule is CC(/C=C(/C)[N]([Ge][Cl])c1ccccc1)=Nc1ccccc1.ClC(Cl)Cl.[SH-]. The molecule has 0 saturated carbocycles. The second kappa shape index (κ2) is 14.7. The van der Waals surface area contributed by atoms with Crippen LogP contribution in [0, 0.1) is 0 Å². The molecular formula is C18H19Cl4GeN2S-. The van der Waals surface area contributed by atoms with E-state index in [1.54, 1.807) is 0 Å². The number of halogens is 4. The van der Waals surface area contributed by atoms with E-state index in [4.69, 9.17) is 44.8 Å². The van der Waals surface area contributed by atoms with Crippen LogP contribution in [0.25, 0.3) is 0 Å². The fraction of sp³-hybridized carbons (Fsp3) is 0.167. The molecule has 2 aromatic carbocycles. The zero-order chi connectivity index (χ0) is 18.7. The monoisotopic (exact) mass is 509 g/mol. The summed E-state index contributed by atoms with van der Waals surface area (Å²) in [6, 6.07) is 20.2.